The number of pyridine rings is 2. The Bertz CT molecular complexity index is 2930. The van der Waals surface area contributed by atoms with Gasteiger partial charge in [0.05, 0.1) is 50.3 Å². The average Bonchev–Trinajstić information content (AvgIpc) is 3.96. The molecule has 2 aliphatic heterocycles. The Labute approximate surface area is 412 Å². The highest BCUT2D eigenvalue weighted by atomic mass is 32.1. The van der Waals surface area contributed by atoms with E-state index >= 15 is 0 Å². The summed E-state index contributed by atoms with van der Waals surface area (Å²) in [6.45, 7) is 11.3. The Kier molecular flexibility index (Phi) is 11.4. The molecule has 7 atom stereocenters. The Morgan fingerprint density at radius 2 is 1.54 bits per heavy atom. The van der Waals surface area contributed by atoms with Gasteiger partial charge in [0.1, 0.15) is 32.8 Å². The fraction of sp³-hybridized carbons (Fsp3) is 0.583. The molecule has 4 aliphatic carbocycles. The van der Waals surface area contributed by atoms with E-state index < -0.39 is 41.1 Å². The first-order chi connectivity index (χ1) is 33.7. The summed E-state index contributed by atoms with van der Waals surface area (Å²) in [7, 11) is 0. The third kappa shape index (κ3) is 8.27. The van der Waals surface area contributed by atoms with Crippen molar-refractivity contribution in [2.45, 2.75) is 107 Å². The number of aliphatic hydroxyl groups is 5. The van der Waals surface area contributed by atoms with Crippen molar-refractivity contribution >= 4 is 66.6 Å². The minimum absolute atomic E-state index is 0.0641. The molecule has 10 N–H and O–H groups in total. The third-order valence-corrected chi connectivity index (χ3v) is 17.9. The van der Waals surface area contributed by atoms with E-state index in [-0.39, 0.29) is 30.9 Å². The van der Waals surface area contributed by atoms with Crippen molar-refractivity contribution in [1.82, 2.24) is 45.1 Å². The first-order valence-electron chi connectivity index (χ1n) is 24.6. The fourth-order valence-electron chi connectivity index (χ4n) is 11.3. The van der Waals surface area contributed by atoms with Crippen LogP contribution in [0.4, 0.5) is 23.5 Å². The highest BCUT2D eigenvalue weighted by molar-refractivity contribution is 7.22. The van der Waals surface area contributed by atoms with Crippen LogP contribution in [0.1, 0.15) is 69.7 Å². The molecule has 20 nitrogen and oxygen atoms in total. The molecule has 0 spiro atoms. The molecule has 370 valence electrons. The summed E-state index contributed by atoms with van der Waals surface area (Å²) >= 11 is 2.91. The number of aliphatic hydroxyl groups excluding tert-OH is 2. The lowest BCUT2D eigenvalue weighted by Gasteiger charge is -2.39. The van der Waals surface area contributed by atoms with Gasteiger partial charge in [-0.25, -0.2) is 19.9 Å². The van der Waals surface area contributed by atoms with Crippen molar-refractivity contribution in [3.8, 4) is 21.1 Å². The monoisotopic (exact) mass is 993 g/mol. The molecule has 22 heteroatoms. The van der Waals surface area contributed by atoms with Gasteiger partial charge in [-0.15, -0.1) is 22.7 Å². The Hall–Kier alpha value is -5.04. The molecule has 12 rings (SSSR count). The number of anilines is 4. The second-order valence-corrected chi connectivity index (χ2v) is 23.1. The van der Waals surface area contributed by atoms with E-state index in [0.717, 1.165) is 66.4 Å². The number of nitrogens with zero attached hydrogens (tertiary/aromatic N) is 9. The SMILES string of the molecule is Cc1nc(NCC2(C)CCNCC2)nc(NC2(O)CCC(CO)C2O[n+]2ccc3sc(-c4c(C)nc(NC5CN(CC6CC6)C5)nc4NC4(O)CCC5C(O)C54O)nc3c2)c1-c1nc2cnccc2s1. The second kappa shape index (κ2) is 17.3. The highest BCUT2D eigenvalue weighted by Gasteiger charge is 2.78. The summed E-state index contributed by atoms with van der Waals surface area (Å²) < 4.78 is 3.30. The average molecular weight is 994 g/mol. The van der Waals surface area contributed by atoms with Gasteiger partial charge in [-0.05, 0) is 95.7 Å². The maximum atomic E-state index is 12.7. The fourth-order valence-corrected chi connectivity index (χ4v) is 13.3. The zero-order valence-electron chi connectivity index (χ0n) is 39.5. The normalized spacial score (nSPS) is 29.5. The quantitative estimate of drug-likeness (QED) is 0.0493. The largest absolute Gasteiger partial charge is 0.396 e. The molecule has 7 unspecified atom stereocenters. The molecule has 6 aliphatic rings. The van der Waals surface area contributed by atoms with Crippen LogP contribution in [0.15, 0.2) is 36.9 Å². The molecule has 4 saturated carbocycles. The van der Waals surface area contributed by atoms with E-state index in [1.807, 2.05) is 26.0 Å². The first kappa shape index (κ1) is 46.1. The van der Waals surface area contributed by atoms with Gasteiger partial charge in [-0.1, -0.05) is 6.92 Å². The van der Waals surface area contributed by atoms with Crippen molar-refractivity contribution in [3.05, 3.63) is 48.3 Å². The highest BCUT2D eigenvalue weighted by Crippen LogP contribution is 2.61. The van der Waals surface area contributed by atoms with Crippen molar-refractivity contribution in [1.29, 1.82) is 0 Å². The van der Waals surface area contributed by atoms with E-state index in [9.17, 15) is 25.5 Å². The van der Waals surface area contributed by atoms with Crippen LogP contribution in [-0.4, -0.2) is 146 Å². The number of rotatable bonds is 16. The van der Waals surface area contributed by atoms with Gasteiger partial charge in [0.25, 0.3) is 0 Å². The van der Waals surface area contributed by atoms with Gasteiger partial charge in [0.2, 0.25) is 30.4 Å². The predicted molar refractivity (Wildman–Crippen MR) is 265 cm³/mol. The van der Waals surface area contributed by atoms with E-state index in [2.05, 4.69) is 43.4 Å². The number of nitrogens with one attached hydrogen (secondary N) is 5. The Morgan fingerprint density at radius 1 is 0.843 bits per heavy atom. The van der Waals surface area contributed by atoms with E-state index in [4.69, 9.17) is 34.7 Å². The molecule has 0 aromatic carbocycles. The maximum absolute atomic E-state index is 12.7. The van der Waals surface area contributed by atoms with Crippen LogP contribution in [0.25, 0.3) is 41.6 Å². The lowest BCUT2D eigenvalue weighted by atomic mass is 9.81. The molecular weight excluding hydrogens is 933 g/mol. The number of aromatic nitrogens is 8. The third-order valence-electron chi connectivity index (χ3n) is 15.8. The number of likely N-dealkylation sites (tertiary alicyclic amines) is 1. The molecule has 8 heterocycles. The maximum Gasteiger partial charge on any atom is 0.249 e. The minimum Gasteiger partial charge on any atom is -0.396 e. The molecule has 6 aromatic heterocycles. The Balaban J connectivity index is 0.840. The molecule has 6 aromatic rings. The lowest BCUT2D eigenvalue weighted by molar-refractivity contribution is -0.901. The zero-order valence-corrected chi connectivity index (χ0v) is 41.2. The van der Waals surface area contributed by atoms with Crippen LogP contribution in [0.2, 0.25) is 0 Å². The van der Waals surface area contributed by atoms with Crippen molar-refractivity contribution in [2.75, 3.05) is 67.1 Å². The second-order valence-electron chi connectivity index (χ2n) is 21.0. The summed E-state index contributed by atoms with van der Waals surface area (Å²) in [6.07, 6.45) is 11.0. The molecule has 2 saturated heterocycles. The predicted octanol–water partition coefficient (Wildman–Crippen LogP) is 3.04. The molecular formula is C48H61N14O6S2+. The smallest absolute Gasteiger partial charge is 0.249 e. The standard InChI is InChI=1S/C48H61N14O6S2/c1-25-35(41-55-31-18-50-14-8-33(31)69-41)39(57-43(52-25)51-24-45(3)12-15-49-16-13-45)59-46(65)10-6-28(23-63)38(46)68-62-17-9-34-32(22-62)56-42(70-34)36-26(2)53-44(54-29-20-61(21-29)19-27-4-5-27)58-40(36)60-47(66)11-7-30-37(64)48(30,47)67/h8-9,14,17-18,22,27-30,37-38,49,63-67H,4-7,10-13,15-16,19-21,23-24H2,1-3H3,(H2,51,52,57,59)(H2,53,54,58,60)/q+1. The number of thiazole rings is 2. The van der Waals surface area contributed by atoms with E-state index in [1.165, 1.54) is 40.2 Å². The van der Waals surface area contributed by atoms with Gasteiger partial charge >= 0.3 is 0 Å². The summed E-state index contributed by atoms with van der Waals surface area (Å²) in [5.74, 6) is 1.48. The molecule has 70 heavy (non-hydrogen) atoms. The van der Waals surface area contributed by atoms with Gasteiger partial charge in [-0.3, -0.25) is 14.7 Å². The summed E-state index contributed by atoms with van der Waals surface area (Å²) in [6, 6.07) is 3.98. The molecule has 0 radical (unpaired) electrons. The zero-order chi connectivity index (χ0) is 48.2. The van der Waals surface area contributed by atoms with Crippen LogP contribution >= 0.6 is 22.7 Å². The molecule has 0 bridgehead atoms. The van der Waals surface area contributed by atoms with Gasteiger partial charge in [-0.2, -0.15) is 9.97 Å². The number of hydrogen-bond acceptors (Lipinski definition) is 21. The summed E-state index contributed by atoms with van der Waals surface area (Å²) in [5, 5.41) is 75.7. The number of aryl methyl sites for hydroxylation is 2. The van der Waals surface area contributed by atoms with Crippen LogP contribution < -0.4 is 36.2 Å². The van der Waals surface area contributed by atoms with Crippen molar-refractivity contribution in [2.24, 2.45) is 23.2 Å². The Morgan fingerprint density at radius 3 is 2.24 bits per heavy atom. The van der Waals surface area contributed by atoms with Crippen LogP contribution in [0.3, 0.4) is 0 Å². The number of fused-ring (bicyclic) bond motifs is 3. The van der Waals surface area contributed by atoms with Gasteiger partial charge in [0.15, 0.2) is 17.0 Å². The molecule has 6 fully saturated rings. The lowest BCUT2D eigenvalue weighted by Crippen LogP contribution is -2.60. The van der Waals surface area contributed by atoms with Crippen LogP contribution in [-0.2, 0) is 0 Å². The minimum atomic E-state index is -1.81. The molecule has 0 amide bonds. The van der Waals surface area contributed by atoms with E-state index in [0.29, 0.717) is 81.0 Å². The van der Waals surface area contributed by atoms with Gasteiger partial charge in [0, 0.05) is 61.6 Å². The topological polar surface area (TPSA) is 268 Å². The van der Waals surface area contributed by atoms with Crippen molar-refractivity contribution in [3.63, 3.8) is 0 Å². The van der Waals surface area contributed by atoms with E-state index in [1.54, 1.807) is 24.8 Å². The van der Waals surface area contributed by atoms with Gasteiger partial charge < -0.3 is 52.1 Å². The number of piperidine rings is 1. The van der Waals surface area contributed by atoms with Crippen LogP contribution in [0.5, 0.6) is 0 Å². The van der Waals surface area contributed by atoms with Crippen molar-refractivity contribution < 1.29 is 35.1 Å². The first-order valence-corrected chi connectivity index (χ1v) is 26.3. The summed E-state index contributed by atoms with van der Waals surface area (Å²) in [5.41, 5.74) is -1.28. The number of hydrogen-bond donors (Lipinski definition) is 10. The summed E-state index contributed by atoms with van der Waals surface area (Å²) in [4.78, 5) is 43.1. The van der Waals surface area contributed by atoms with Crippen LogP contribution in [0, 0.1) is 37.0 Å².